The van der Waals surface area contributed by atoms with E-state index in [1.54, 1.807) is 19.3 Å². The average Bonchev–Trinajstić information content (AvgIpc) is 2.68. The van der Waals surface area contributed by atoms with Crippen LogP contribution < -0.4 is 5.32 Å². The molecule has 0 aliphatic carbocycles. The molecule has 146 valence electrons. The number of aromatic nitrogens is 1. The number of pyridine rings is 1. The average molecular weight is 403 g/mol. The summed E-state index contributed by atoms with van der Waals surface area (Å²) < 4.78 is 25.8. The van der Waals surface area contributed by atoms with Gasteiger partial charge in [-0.2, -0.15) is 0 Å². The van der Waals surface area contributed by atoms with Gasteiger partial charge in [0.15, 0.2) is 0 Å². The van der Waals surface area contributed by atoms with E-state index in [0.717, 1.165) is 24.9 Å². The molecule has 1 aromatic rings. The van der Waals surface area contributed by atoms with Gasteiger partial charge >= 0.3 is 0 Å². The Morgan fingerprint density at radius 2 is 2.19 bits per heavy atom. The zero-order chi connectivity index (χ0) is 17.9. The highest BCUT2D eigenvalue weighted by atomic mass is 35.5. The van der Waals surface area contributed by atoms with E-state index < -0.39 is 10.0 Å². The number of hydrogen-bond donors (Lipinski definition) is 1. The maximum atomic E-state index is 13.2. The standard InChI is InChI=1S/C17H26N4O3S.ClH/c1-2-25(23,24)20-9-4-6-15(13-20)17(22)21-10-8-19-12-16(21)14-5-3-7-18-11-14;/h3,5,7,11,15-16,19H,2,4,6,8-10,12-13H2,1H3;1H. The molecule has 2 saturated heterocycles. The van der Waals surface area contributed by atoms with Crippen molar-refractivity contribution in [3.63, 3.8) is 0 Å². The molecule has 1 N–H and O–H groups in total. The van der Waals surface area contributed by atoms with Crippen LogP contribution in [0, 0.1) is 5.92 Å². The van der Waals surface area contributed by atoms with Gasteiger partial charge in [-0.05, 0) is 31.4 Å². The first-order chi connectivity index (χ1) is 12.0. The second-order valence-electron chi connectivity index (χ2n) is 6.64. The predicted octanol–water partition coefficient (Wildman–Crippen LogP) is 1.04. The number of sulfonamides is 1. The summed E-state index contributed by atoms with van der Waals surface area (Å²) in [5, 5.41) is 3.34. The summed E-state index contributed by atoms with van der Waals surface area (Å²) in [6.45, 7) is 4.56. The van der Waals surface area contributed by atoms with E-state index >= 15 is 0 Å². The number of carbonyl (C=O) groups is 1. The third-order valence-electron chi connectivity index (χ3n) is 5.09. The molecule has 2 aliphatic heterocycles. The lowest BCUT2D eigenvalue weighted by molar-refractivity contribution is -0.140. The molecule has 9 heteroatoms. The van der Waals surface area contributed by atoms with Crippen LogP contribution in [0.1, 0.15) is 31.4 Å². The molecule has 7 nitrogen and oxygen atoms in total. The first kappa shape index (κ1) is 21.1. The fourth-order valence-electron chi connectivity index (χ4n) is 3.65. The smallest absolute Gasteiger partial charge is 0.227 e. The minimum absolute atomic E-state index is 0. The van der Waals surface area contributed by atoms with Crippen molar-refractivity contribution >= 4 is 28.3 Å². The van der Waals surface area contributed by atoms with Crippen LogP contribution in [0.3, 0.4) is 0 Å². The van der Waals surface area contributed by atoms with Gasteiger partial charge < -0.3 is 10.2 Å². The molecular weight excluding hydrogens is 376 g/mol. The zero-order valence-corrected chi connectivity index (χ0v) is 16.6. The SMILES string of the molecule is CCS(=O)(=O)N1CCCC(C(=O)N2CCNCC2c2cccnc2)C1.Cl. The van der Waals surface area contributed by atoms with E-state index in [1.807, 2.05) is 17.0 Å². The number of carbonyl (C=O) groups excluding carboxylic acids is 1. The summed E-state index contributed by atoms with van der Waals surface area (Å²) in [7, 11) is -3.24. The van der Waals surface area contributed by atoms with Crippen molar-refractivity contribution in [1.29, 1.82) is 0 Å². The maximum Gasteiger partial charge on any atom is 0.227 e. The molecule has 2 fully saturated rings. The molecule has 0 radical (unpaired) electrons. The Kier molecular flexibility index (Phi) is 7.40. The van der Waals surface area contributed by atoms with Crippen molar-refractivity contribution in [2.24, 2.45) is 5.92 Å². The van der Waals surface area contributed by atoms with Crippen LogP contribution in [0.5, 0.6) is 0 Å². The summed E-state index contributed by atoms with van der Waals surface area (Å²) in [6.07, 6.45) is 5.00. The Morgan fingerprint density at radius 1 is 1.38 bits per heavy atom. The Morgan fingerprint density at radius 3 is 2.88 bits per heavy atom. The van der Waals surface area contributed by atoms with Gasteiger partial charge in [-0.3, -0.25) is 9.78 Å². The third-order valence-corrected chi connectivity index (χ3v) is 6.94. The number of halogens is 1. The molecule has 3 rings (SSSR count). The summed E-state index contributed by atoms with van der Waals surface area (Å²) in [5.41, 5.74) is 1.01. The summed E-state index contributed by atoms with van der Waals surface area (Å²) in [4.78, 5) is 19.2. The number of nitrogens with one attached hydrogen (secondary N) is 1. The van der Waals surface area contributed by atoms with Gasteiger partial charge in [0.25, 0.3) is 0 Å². The van der Waals surface area contributed by atoms with Crippen LogP contribution >= 0.6 is 12.4 Å². The van der Waals surface area contributed by atoms with Gasteiger partial charge in [0.2, 0.25) is 15.9 Å². The van der Waals surface area contributed by atoms with Crippen LogP contribution in [-0.2, 0) is 14.8 Å². The monoisotopic (exact) mass is 402 g/mol. The molecule has 26 heavy (non-hydrogen) atoms. The van der Waals surface area contributed by atoms with E-state index in [4.69, 9.17) is 0 Å². The number of amides is 1. The zero-order valence-electron chi connectivity index (χ0n) is 15.0. The van der Waals surface area contributed by atoms with Crippen LogP contribution in [0.15, 0.2) is 24.5 Å². The van der Waals surface area contributed by atoms with Gasteiger partial charge in [0.1, 0.15) is 0 Å². The van der Waals surface area contributed by atoms with Gasteiger partial charge in [-0.1, -0.05) is 6.07 Å². The first-order valence-electron chi connectivity index (χ1n) is 8.92. The van der Waals surface area contributed by atoms with Crippen LogP contribution in [0.25, 0.3) is 0 Å². The Labute approximate surface area is 161 Å². The largest absolute Gasteiger partial charge is 0.333 e. The van der Waals surface area contributed by atoms with Gasteiger partial charge in [-0.15, -0.1) is 12.4 Å². The third kappa shape index (κ3) is 4.54. The van der Waals surface area contributed by atoms with Crippen molar-refractivity contribution in [1.82, 2.24) is 19.5 Å². The fraction of sp³-hybridized carbons (Fsp3) is 0.647. The van der Waals surface area contributed by atoms with Crippen LogP contribution in [-0.4, -0.2) is 67.0 Å². The highest BCUT2D eigenvalue weighted by Gasteiger charge is 2.36. The molecule has 0 spiro atoms. The fourth-order valence-corrected chi connectivity index (χ4v) is 4.83. The van der Waals surface area contributed by atoms with Crippen molar-refractivity contribution < 1.29 is 13.2 Å². The number of piperidine rings is 1. The first-order valence-corrected chi connectivity index (χ1v) is 10.5. The molecule has 1 aromatic heterocycles. The van der Waals surface area contributed by atoms with Gasteiger partial charge in [0.05, 0.1) is 17.7 Å². The maximum absolute atomic E-state index is 13.2. The molecule has 2 atom stereocenters. The quantitative estimate of drug-likeness (QED) is 0.813. The molecule has 1 amide bonds. The summed E-state index contributed by atoms with van der Waals surface area (Å²) in [5.74, 6) is -0.112. The molecule has 3 heterocycles. The molecule has 0 bridgehead atoms. The molecule has 0 saturated carbocycles. The van der Waals surface area contributed by atoms with E-state index in [9.17, 15) is 13.2 Å². The van der Waals surface area contributed by atoms with E-state index in [1.165, 1.54) is 4.31 Å². The second-order valence-corrected chi connectivity index (χ2v) is 8.89. The topological polar surface area (TPSA) is 82.6 Å². The summed E-state index contributed by atoms with van der Waals surface area (Å²) in [6, 6.07) is 3.82. The normalized spacial score (nSPS) is 24.7. The number of rotatable bonds is 4. The number of nitrogens with zero attached hydrogens (tertiary/aromatic N) is 3. The van der Waals surface area contributed by atoms with E-state index in [0.29, 0.717) is 26.2 Å². The van der Waals surface area contributed by atoms with Gasteiger partial charge in [-0.25, -0.2) is 12.7 Å². The second kappa shape index (κ2) is 9.12. The predicted molar refractivity (Wildman–Crippen MR) is 103 cm³/mol. The van der Waals surface area contributed by atoms with Crippen molar-refractivity contribution in [3.05, 3.63) is 30.1 Å². The molecular formula is C17H27ClN4O3S. The van der Waals surface area contributed by atoms with Crippen molar-refractivity contribution in [2.45, 2.75) is 25.8 Å². The lowest BCUT2D eigenvalue weighted by Gasteiger charge is -2.40. The minimum atomic E-state index is -3.24. The molecule has 2 unspecified atom stereocenters. The summed E-state index contributed by atoms with van der Waals surface area (Å²) >= 11 is 0. The lowest BCUT2D eigenvalue weighted by Crippen LogP contribution is -2.53. The van der Waals surface area contributed by atoms with E-state index in [-0.39, 0.29) is 36.0 Å². The lowest BCUT2D eigenvalue weighted by atomic mass is 9.95. The molecule has 2 aliphatic rings. The number of hydrogen-bond acceptors (Lipinski definition) is 5. The highest BCUT2D eigenvalue weighted by molar-refractivity contribution is 7.89. The number of piperazine rings is 1. The highest BCUT2D eigenvalue weighted by Crippen LogP contribution is 2.27. The Bertz CT molecular complexity index is 701. The van der Waals surface area contributed by atoms with Crippen molar-refractivity contribution in [3.8, 4) is 0 Å². The Balaban J connectivity index is 0.00000243. The van der Waals surface area contributed by atoms with E-state index in [2.05, 4.69) is 10.3 Å². The van der Waals surface area contributed by atoms with Gasteiger partial charge in [0, 0.05) is 45.1 Å². The molecule has 0 aromatic carbocycles. The minimum Gasteiger partial charge on any atom is -0.333 e. The van der Waals surface area contributed by atoms with Crippen LogP contribution in [0.2, 0.25) is 0 Å². The Hall–Kier alpha value is -1.22. The van der Waals surface area contributed by atoms with Crippen molar-refractivity contribution in [2.75, 3.05) is 38.5 Å². The van der Waals surface area contributed by atoms with Crippen LogP contribution in [0.4, 0.5) is 0 Å².